The van der Waals surface area contributed by atoms with Gasteiger partial charge in [0, 0.05) is 5.41 Å². The predicted molar refractivity (Wildman–Crippen MR) is 79.3 cm³/mol. The number of rotatable bonds is 4. The number of ether oxygens (including phenoxy) is 1. The summed E-state index contributed by atoms with van der Waals surface area (Å²) in [6, 6.07) is 15.3. The van der Waals surface area contributed by atoms with E-state index in [1.54, 1.807) is 0 Å². The van der Waals surface area contributed by atoms with Crippen molar-refractivity contribution in [3.8, 4) is 0 Å². The Labute approximate surface area is 114 Å². The highest BCUT2D eigenvalue weighted by Gasteiger charge is 2.44. The van der Waals surface area contributed by atoms with Gasteiger partial charge in [-0.2, -0.15) is 0 Å². The molecular formula is C17H21NO. The molecule has 1 saturated heterocycles. The average Bonchev–Trinajstić information content (AvgIpc) is 2.38. The summed E-state index contributed by atoms with van der Waals surface area (Å²) in [6.07, 6.45) is 1.05. The molecular weight excluding hydrogens is 234 g/mol. The largest absolute Gasteiger partial charge is 0.379 e. The Hall–Kier alpha value is -1.38. The highest BCUT2D eigenvalue weighted by atomic mass is 16.5. The Balaban J connectivity index is 2.01. The summed E-state index contributed by atoms with van der Waals surface area (Å²) < 4.78 is 5.53. The Bertz CT molecular complexity index is 574. The van der Waals surface area contributed by atoms with Gasteiger partial charge in [-0.1, -0.05) is 49.4 Å². The molecule has 1 aliphatic rings. The van der Waals surface area contributed by atoms with Crippen LogP contribution in [-0.4, -0.2) is 19.8 Å². The lowest BCUT2D eigenvalue weighted by Gasteiger charge is -2.46. The first kappa shape index (κ1) is 12.6. The summed E-state index contributed by atoms with van der Waals surface area (Å²) in [5.41, 5.74) is 7.30. The van der Waals surface area contributed by atoms with E-state index in [9.17, 15) is 0 Å². The molecule has 1 heterocycles. The minimum atomic E-state index is 0.170. The maximum atomic E-state index is 5.73. The van der Waals surface area contributed by atoms with Gasteiger partial charge in [0.2, 0.25) is 0 Å². The fourth-order valence-corrected chi connectivity index (χ4v) is 3.08. The molecule has 0 aliphatic carbocycles. The number of hydrogen-bond acceptors (Lipinski definition) is 2. The highest BCUT2D eigenvalue weighted by molar-refractivity contribution is 5.83. The fourth-order valence-electron chi connectivity index (χ4n) is 3.08. The molecule has 2 nitrogen and oxygen atoms in total. The van der Waals surface area contributed by atoms with Crippen molar-refractivity contribution in [1.29, 1.82) is 0 Å². The van der Waals surface area contributed by atoms with Crippen molar-refractivity contribution >= 4 is 10.8 Å². The van der Waals surface area contributed by atoms with Gasteiger partial charge in [0.1, 0.15) is 0 Å². The van der Waals surface area contributed by atoms with Crippen LogP contribution in [0.15, 0.2) is 42.5 Å². The maximum absolute atomic E-state index is 5.73. The molecule has 0 bridgehead atoms. The van der Waals surface area contributed by atoms with Crippen LogP contribution >= 0.6 is 0 Å². The molecule has 1 unspecified atom stereocenters. The molecule has 2 aromatic carbocycles. The lowest BCUT2D eigenvalue weighted by atomic mass is 9.68. The van der Waals surface area contributed by atoms with Crippen LogP contribution in [-0.2, 0) is 10.2 Å². The third-order valence-electron chi connectivity index (χ3n) is 4.59. The van der Waals surface area contributed by atoms with Gasteiger partial charge in [-0.05, 0) is 35.2 Å². The molecule has 0 radical (unpaired) electrons. The van der Waals surface area contributed by atoms with Crippen molar-refractivity contribution in [2.45, 2.75) is 18.8 Å². The van der Waals surface area contributed by atoms with Crippen molar-refractivity contribution in [2.24, 2.45) is 11.7 Å². The summed E-state index contributed by atoms with van der Waals surface area (Å²) >= 11 is 0. The van der Waals surface area contributed by atoms with Gasteiger partial charge in [-0.25, -0.2) is 0 Å². The molecule has 1 atom stereocenters. The zero-order chi connectivity index (χ0) is 13.3. The second kappa shape index (κ2) is 4.95. The van der Waals surface area contributed by atoms with Crippen molar-refractivity contribution in [1.82, 2.24) is 0 Å². The van der Waals surface area contributed by atoms with E-state index in [1.165, 1.54) is 16.3 Å². The van der Waals surface area contributed by atoms with Gasteiger partial charge in [-0.15, -0.1) is 0 Å². The predicted octanol–water partition coefficient (Wildman–Crippen LogP) is 3.09. The lowest BCUT2D eigenvalue weighted by Crippen LogP contribution is -2.52. The molecule has 2 aromatic rings. The van der Waals surface area contributed by atoms with Crippen molar-refractivity contribution in [3.63, 3.8) is 0 Å². The van der Waals surface area contributed by atoms with E-state index in [0.29, 0.717) is 5.92 Å². The van der Waals surface area contributed by atoms with Gasteiger partial charge in [0.25, 0.3) is 0 Å². The second-order valence-electron chi connectivity index (χ2n) is 5.69. The molecule has 2 N–H and O–H groups in total. The number of benzene rings is 2. The van der Waals surface area contributed by atoms with Crippen LogP contribution in [0.5, 0.6) is 0 Å². The summed E-state index contributed by atoms with van der Waals surface area (Å²) in [4.78, 5) is 0. The van der Waals surface area contributed by atoms with Gasteiger partial charge < -0.3 is 10.5 Å². The molecule has 0 aromatic heterocycles. The van der Waals surface area contributed by atoms with Gasteiger partial charge in [-0.3, -0.25) is 0 Å². The summed E-state index contributed by atoms with van der Waals surface area (Å²) in [7, 11) is 0. The standard InChI is InChI=1S/C17H21NO/c1-13(8-9-18)17(11-19-12-17)16-7-6-14-4-2-3-5-15(14)10-16/h2-7,10,13H,8-9,11-12,18H2,1H3. The van der Waals surface area contributed by atoms with Crippen LogP contribution in [0.4, 0.5) is 0 Å². The van der Waals surface area contributed by atoms with Crippen molar-refractivity contribution in [2.75, 3.05) is 19.8 Å². The van der Waals surface area contributed by atoms with Crippen LogP contribution in [0, 0.1) is 5.92 Å². The third kappa shape index (κ3) is 2.05. The molecule has 3 rings (SSSR count). The van der Waals surface area contributed by atoms with E-state index in [1.807, 2.05) is 0 Å². The molecule has 0 amide bonds. The molecule has 0 spiro atoms. The summed E-state index contributed by atoms with van der Waals surface area (Å²) in [5.74, 6) is 0.562. The molecule has 19 heavy (non-hydrogen) atoms. The Morgan fingerprint density at radius 3 is 2.53 bits per heavy atom. The molecule has 100 valence electrons. The fraction of sp³-hybridized carbons (Fsp3) is 0.412. The van der Waals surface area contributed by atoms with Gasteiger partial charge in [0.15, 0.2) is 0 Å². The van der Waals surface area contributed by atoms with Crippen molar-refractivity contribution < 1.29 is 4.74 Å². The first-order chi connectivity index (χ1) is 9.26. The second-order valence-corrected chi connectivity index (χ2v) is 5.69. The van der Waals surface area contributed by atoms with Crippen LogP contribution < -0.4 is 5.73 Å². The molecule has 1 fully saturated rings. The molecule has 2 heteroatoms. The minimum Gasteiger partial charge on any atom is -0.379 e. The monoisotopic (exact) mass is 255 g/mol. The highest BCUT2D eigenvalue weighted by Crippen LogP contribution is 2.41. The van der Waals surface area contributed by atoms with Gasteiger partial charge >= 0.3 is 0 Å². The summed E-state index contributed by atoms with van der Waals surface area (Å²) in [5, 5.41) is 2.61. The van der Waals surface area contributed by atoms with Crippen LogP contribution in [0.25, 0.3) is 10.8 Å². The van der Waals surface area contributed by atoms with E-state index >= 15 is 0 Å². The number of hydrogen-bond donors (Lipinski definition) is 1. The van der Waals surface area contributed by atoms with Gasteiger partial charge in [0.05, 0.1) is 13.2 Å². The smallest absolute Gasteiger partial charge is 0.0588 e. The minimum absolute atomic E-state index is 0.170. The molecule has 1 aliphatic heterocycles. The zero-order valence-corrected chi connectivity index (χ0v) is 11.4. The summed E-state index contributed by atoms with van der Waals surface area (Å²) in [6.45, 7) is 4.69. The quantitative estimate of drug-likeness (QED) is 0.911. The van der Waals surface area contributed by atoms with Crippen LogP contribution in [0.3, 0.4) is 0 Å². The van der Waals surface area contributed by atoms with Crippen LogP contribution in [0.2, 0.25) is 0 Å². The van der Waals surface area contributed by atoms with E-state index in [0.717, 1.165) is 26.2 Å². The number of fused-ring (bicyclic) bond motifs is 1. The van der Waals surface area contributed by atoms with E-state index in [2.05, 4.69) is 49.4 Å². The SMILES string of the molecule is CC(CCN)C1(c2ccc3ccccc3c2)COC1. The number of nitrogens with two attached hydrogens (primary N) is 1. The first-order valence-corrected chi connectivity index (χ1v) is 7.03. The third-order valence-corrected chi connectivity index (χ3v) is 4.59. The van der Waals surface area contributed by atoms with E-state index in [-0.39, 0.29) is 5.41 Å². The molecule has 0 saturated carbocycles. The van der Waals surface area contributed by atoms with Crippen LogP contribution in [0.1, 0.15) is 18.9 Å². The average molecular weight is 255 g/mol. The Morgan fingerprint density at radius 2 is 1.89 bits per heavy atom. The normalized spacial score (nSPS) is 19.1. The Kier molecular flexibility index (Phi) is 3.29. The Morgan fingerprint density at radius 1 is 1.16 bits per heavy atom. The van der Waals surface area contributed by atoms with E-state index < -0.39 is 0 Å². The zero-order valence-electron chi connectivity index (χ0n) is 11.4. The topological polar surface area (TPSA) is 35.2 Å². The first-order valence-electron chi connectivity index (χ1n) is 7.03. The lowest BCUT2D eigenvalue weighted by molar-refractivity contribution is -0.0882. The van der Waals surface area contributed by atoms with E-state index in [4.69, 9.17) is 10.5 Å². The maximum Gasteiger partial charge on any atom is 0.0588 e. The van der Waals surface area contributed by atoms with Crippen molar-refractivity contribution in [3.05, 3.63) is 48.0 Å².